The van der Waals surface area contributed by atoms with Gasteiger partial charge in [-0.05, 0) is 28.1 Å². The van der Waals surface area contributed by atoms with Gasteiger partial charge in [0.1, 0.15) is 0 Å². The molecular formula is C13H9BrF2N2O2. The van der Waals surface area contributed by atoms with Gasteiger partial charge in [-0.15, -0.1) is 0 Å². The number of nitro groups is 1. The minimum Gasteiger partial charge on any atom is -0.380 e. The lowest BCUT2D eigenvalue weighted by molar-refractivity contribution is -0.384. The molecule has 2 aromatic rings. The van der Waals surface area contributed by atoms with Gasteiger partial charge in [-0.2, -0.15) is 0 Å². The van der Waals surface area contributed by atoms with Gasteiger partial charge in [0.15, 0.2) is 11.6 Å². The van der Waals surface area contributed by atoms with Crippen molar-refractivity contribution in [2.75, 3.05) is 5.32 Å². The summed E-state index contributed by atoms with van der Waals surface area (Å²) in [6, 6.07) is 8.05. The van der Waals surface area contributed by atoms with E-state index in [-0.39, 0.29) is 17.8 Å². The van der Waals surface area contributed by atoms with Gasteiger partial charge in [0.05, 0.1) is 10.6 Å². The zero-order valence-electron chi connectivity index (χ0n) is 10.1. The van der Waals surface area contributed by atoms with E-state index in [1.807, 2.05) is 0 Å². The predicted octanol–water partition coefficient (Wildman–Crippen LogP) is 4.25. The molecule has 0 radical (unpaired) electrons. The summed E-state index contributed by atoms with van der Waals surface area (Å²) in [5, 5.41) is 13.5. The van der Waals surface area contributed by atoms with Gasteiger partial charge in [-0.1, -0.05) is 12.1 Å². The summed E-state index contributed by atoms with van der Waals surface area (Å²) in [6.45, 7) is 0.0172. The number of benzene rings is 2. The average Bonchev–Trinajstić information content (AvgIpc) is 2.41. The number of hydrogen-bond donors (Lipinski definition) is 1. The van der Waals surface area contributed by atoms with Crippen LogP contribution < -0.4 is 5.32 Å². The third kappa shape index (κ3) is 3.11. The van der Waals surface area contributed by atoms with Crippen molar-refractivity contribution in [2.45, 2.75) is 6.54 Å². The topological polar surface area (TPSA) is 55.2 Å². The second-order valence-electron chi connectivity index (χ2n) is 3.99. The molecule has 0 aliphatic carbocycles. The SMILES string of the molecule is O=[N+]([O-])c1ccc(Br)c(NCc2cccc(F)c2F)c1. The molecule has 0 fully saturated rings. The summed E-state index contributed by atoms with van der Waals surface area (Å²) < 4.78 is 27.1. The molecule has 0 aromatic heterocycles. The lowest BCUT2D eigenvalue weighted by Gasteiger charge is -2.09. The van der Waals surface area contributed by atoms with Crippen LogP contribution in [0.2, 0.25) is 0 Å². The Balaban J connectivity index is 2.20. The van der Waals surface area contributed by atoms with Crippen LogP contribution in [0, 0.1) is 21.7 Å². The molecule has 7 heteroatoms. The Bertz CT molecular complexity index is 665. The maximum atomic E-state index is 13.5. The van der Waals surface area contributed by atoms with E-state index < -0.39 is 16.6 Å². The molecule has 0 heterocycles. The van der Waals surface area contributed by atoms with Crippen LogP contribution >= 0.6 is 15.9 Å². The van der Waals surface area contributed by atoms with Crippen molar-refractivity contribution in [1.82, 2.24) is 0 Å². The largest absolute Gasteiger partial charge is 0.380 e. The van der Waals surface area contributed by atoms with Crippen LogP contribution in [0.15, 0.2) is 40.9 Å². The van der Waals surface area contributed by atoms with E-state index in [0.717, 1.165) is 6.07 Å². The molecule has 2 rings (SSSR count). The van der Waals surface area contributed by atoms with E-state index in [1.165, 1.54) is 30.3 Å². The first kappa shape index (κ1) is 14.4. The number of rotatable bonds is 4. The van der Waals surface area contributed by atoms with Crippen molar-refractivity contribution in [3.05, 3.63) is 68.2 Å². The molecule has 0 bridgehead atoms. The molecule has 0 aliphatic heterocycles. The molecule has 0 atom stereocenters. The van der Waals surface area contributed by atoms with E-state index in [1.54, 1.807) is 0 Å². The maximum absolute atomic E-state index is 13.5. The van der Waals surface area contributed by atoms with Gasteiger partial charge >= 0.3 is 0 Å². The van der Waals surface area contributed by atoms with Crippen LogP contribution in [-0.2, 0) is 6.54 Å². The Morgan fingerprint density at radius 1 is 1.25 bits per heavy atom. The number of nitro benzene ring substituents is 1. The molecule has 104 valence electrons. The standard InChI is InChI=1S/C13H9BrF2N2O2/c14-10-5-4-9(18(19)20)6-12(10)17-7-8-2-1-3-11(15)13(8)16/h1-6,17H,7H2. The molecule has 0 saturated heterocycles. The molecule has 20 heavy (non-hydrogen) atoms. The summed E-state index contributed by atoms with van der Waals surface area (Å²) >= 11 is 3.23. The van der Waals surface area contributed by atoms with Crippen LogP contribution in [0.3, 0.4) is 0 Å². The Kier molecular flexibility index (Phi) is 4.29. The monoisotopic (exact) mass is 342 g/mol. The van der Waals surface area contributed by atoms with E-state index in [4.69, 9.17) is 0 Å². The zero-order valence-corrected chi connectivity index (χ0v) is 11.7. The lowest BCUT2D eigenvalue weighted by atomic mass is 10.2. The summed E-state index contributed by atoms with van der Waals surface area (Å²) in [5.41, 5.74) is 0.488. The predicted molar refractivity (Wildman–Crippen MR) is 74.5 cm³/mol. The quantitative estimate of drug-likeness (QED) is 0.667. The third-order valence-corrected chi connectivity index (χ3v) is 3.35. The first-order valence-electron chi connectivity index (χ1n) is 5.59. The normalized spacial score (nSPS) is 10.3. The molecule has 2 aromatic carbocycles. The molecule has 0 spiro atoms. The minimum absolute atomic E-state index is 0.0172. The fourth-order valence-electron chi connectivity index (χ4n) is 1.64. The van der Waals surface area contributed by atoms with Gasteiger partial charge in [-0.3, -0.25) is 10.1 Å². The highest BCUT2D eigenvalue weighted by molar-refractivity contribution is 9.10. The highest BCUT2D eigenvalue weighted by Crippen LogP contribution is 2.27. The van der Waals surface area contributed by atoms with Crippen LogP contribution in [0.4, 0.5) is 20.2 Å². The molecule has 0 amide bonds. The summed E-state index contributed by atoms with van der Waals surface area (Å²) in [7, 11) is 0. The number of hydrogen-bond acceptors (Lipinski definition) is 3. The number of nitrogens with zero attached hydrogens (tertiary/aromatic N) is 1. The Hall–Kier alpha value is -2.02. The van der Waals surface area contributed by atoms with E-state index in [9.17, 15) is 18.9 Å². The Labute approximate surface area is 121 Å². The molecular weight excluding hydrogens is 334 g/mol. The fraction of sp³-hybridized carbons (Fsp3) is 0.0769. The van der Waals surface area contributed by atoms with E-state index in [2.05, 4.69) is 21.2 Å². The highest BCUT2D eigenvalue weighted by atomic mass is 79.9. The van der Waals surface area contributed by atoms with E-state index in [0.29, 0.717) is 10.2 Å². The highest BCUT2D eigenvalue weighted by Gasteiger charge is 2.11. The van der Waals surface area contributed by atoms with E-state index >= 15 is 0 Å². The van der Waals surface area contributed by atoms with Gasteiger partial charge in [0.25, 0.3) is 5.69 Å². The van der Waals surface area contributed by atoms with Gasteiger partial charge < -0.3 is 5.32 Å². The molecule has 0 saturated carbocycles. The second kappa shape index (κ2) is 5.96. The van der Waals surface area contributed by atoms with Crippen molar-refractivity contribution in [3.8, 4) is 0 Å². The van der Waals surface area contributed by atoms with Gasteiger partial charge in [0.2, 0.25) is 0 Å². The van der Waals surface area contributed by atoms with Crippen molar-refractivity contribution >= 4 is 27.3 Å². The molecule has 4 nitrogen and oxygen atoms in total. The summed E-state index contributed by atoms with van der Waals surface area (Å²) in [5.74, 6) is -1.86. The van der Waals surface area contributed by atoms with Crippen molar-refractivity contribution in [1.29, 1.82) is 0 Å². The van der Waals surface area contributed by atoms with Crippen molar-refractivity contribution in [3.63, 3.8) is 0 Å². The summed E-state index contributed by atoms with van der Waals surface area (Å²) in [6.07, 6.45) is 0. The van der Waals surface area contributed by atoms with Gasteiger partial charge in [0, 0.05) is 28.7 Å². The van der Waals surface area contributed by atoms with Crippen LogP contribution in [0.5, 0.6) is 0 Å². The van der Waals surface area contributed by atoms with Crippen LogP contribution in [0.1, 0.15) is 5.56 Å². The minimum atomic E-state index is -0.929. The van der Waals surface area contributed by atoms with Crippen LogP contribution in [0.25, 0.3) is 0 Å². The zero-order chi connectivity index (χ0) is 14.7. The number of halogens is 3. The molecule has 0 aliphatic rings. The third-order valence-electron chi connectivity index (χ3n) is 2.66. The second-order valence-corrected chi connectivity index (χ2v) is 4.84. The molecule has 1 N–H and O–H groups in total. The maximum Gasteiger partial charge on any atom is 0.271 e. The van der Waals surface area contributed by atoms with Gasteiger partial charge in [-0.25, -0.2) is 8.78 Å². The lowest BCUT2D eigenvalue weighted by Crippen LogP contribution is -2.04. The molecule has 0 unspecified atom stereocenters. The Morgan fingerprint density at radius 3 is 2.70 bits per heavy atom. The first-order chi connectivity index (χ1) is 9.49. The van der Waals surface area contributed by atoms with Crippen molar-refractivity contribution < 1.29 is 13.7 Å². The Morgan fingerprint density at radius 2 is 2.00 bits per heavy atom. The number of anilines is 1. The summed E-state index contributed by atoms with van der Waals surface area (Å²) in [4.78, 5) is 10.2. The average molecular weight is 343 g/mol. The fourth-order valence-corrected chi connectivity index (χ4v) is 2.02. The van der Waals surface area contributed by atoms with Crippen molar-refractivity contribution in [2.24, 2.45) is 0 Å². The number of nitrogens with one attached hydrogen (secondary N) is 1. The first-order valence-corrected chi connectivity index (χ1v) is 6.39. The number of non-ortho nitro benzene ring substituents is 1. The van der Waals surface area contributed by atoms with Crippen LogP contribution in [-0.4, -0.2) is 4.92 Å². The smallest absolute Gasteiger partial charge is 0.271 e.